The molecule has 0 bridgehead atoms. The van der Waals surface area contributed by atoms with Crippen LogP contribution in [-0.4, -0.2) is 38.0 Å². The third kappa shape index (κ3) is 6.55. The van der Waals surface area contributed by atoms with E-state index in [-0.39, 0.29) is 19.9 Å². The van der Waals surface area contributed by atoms with Crippen LogP contribution >= 0.6 is 0 Å². The van der Waals surface area contributed by atoms with E-state index in [1.54, 1.807) is 48.5 Å². The van der Waals surface area contributed by atoms with Crippen molar-refractivity contribution in [2.24, 2.45) is 5.10 Å². The minimum Gasteiger partial charge on any atom is -0.490 e. The Morgan fingerprint density at radius 1 is 1.05 bits per heavy atom. The second-order valence-electron chi connectivity index (χ2n) is 7.74. The van der Waals surface area contributed by atoms with Gasteiger partial charge in [0.1, 0.15) is 6.61 Å². The van der Waals surface area contributed by atoms with Gasteiger partial charge in [-0.2, -0.15) is 10.4 Å². The predicted octanol–water partition coefficient (Wildman–Crippen LogP) is 3.14. The zero-order valence-corrected chi connectivity index (χ0v) is 20.0. The van der Waals surface area contributed by atoms with E-state index in [0.717, 1.165) is 5.56 Å². The highest BCUT2D eigenvalue weighted by atomic mass is 16.7. The van der Waals surface area contributed by atoms with Crippen LogP contribution in [0.5, 0.6) is 23.0 Å². The van der Waals surface area contributed by atoms with Crippen molar-refractivity contribution in [2.45, 2.75) is 13.5 Å². The number of nitrogens with one attached hydrogen (secondary N) is 2. The quantitative estimate of drug-likeness (QED) is 0.323. The SMILES string of the molecule is CCOc1cc(/C=N\NC(=O)CNC(=O)c2ccc3c(c2)OCO3)ccc1OCc1ccccc1C#N. The molecule has 37 heavy (non-hydrogen) atoms. The lowest BCUT2D eigenvalue weighted by Gasteiger charge is -2.13. The van der Waals surface area contributed by atoms with Crippen LogP contribution in [0.2, 0.25) is 0 Å². The van der Waals surface area contributed by atoms with Gasteiger partial charge in [-0.1, -0.05) is 18.2 Å². The Morgan fingerprint density at radius 3 is 2.73 bits per heavy atom. The van der Waals surface area contributed by atoms with Crippen molar-refractivity contribution in [2.75, 3.05) is 19.9 Å². The highest BCUT2D eigenvalue weighted by Crippen LogP contribution is 2.32. The van der Waals surface area contributed by atoms with Crippen LogP contribution in [0.4, 0.5) is 0 Å². The number of nitrogens with zero attached hydrogens (tertiary/aromatic N) is 2. The molecular formula is C27H24N4O6. The summed E-state index contributed by atoms with van der Waals surface area (Å²) in [6, 6.07) is 19.4. The molecule has 188 valence electrons. The molecule has 4 rings (SSSR count). The first-order valence-corrected chi connectivity index (χ1v) is 11.4. The molecule has 0 radical (unpaired) electrons. The Morgan fingerprint density at radius 2 is 1.89 bits per heavy atom. The van der Waals surface area contributed by atoms with Gasteiger partial charge in [-0.05, 0) is 55.0 Å². The van der Waals surface area contributed by atoms with Gasteiger partial charge >= 0.3 is 0 Å². The van der Waals surface area contributed by atoms with Crippen LogP contribution in [0.1, 0.15) is 34.0 Å². The van der Waals surface area contributed by atoms with Crippen LogP contribution in [0, 0.1) is 11.3 Å². The maximum absolute atomic E-state index is 12.3. The van der Waals surface area contributed by atoms with E-state index in [2.05, 4.69) is 21.9 Å². The molecule has 3 aromatic rings. The summed E-state index contributed by atoms with van der Waals surface area (Å²) in [7, 11) is 0. The molecule has 0 aromatic heterocycles. The highest BCUT2D eigenvalue weighted by molar-refractivity contribution is 5.97. The molecule has 0 saturated heterocycles. The molecule has 0 atom stereocenters. The highest BCUT2D eigenvalue weighted by Gasteiger charge is 2.16. The number of nitriles is 1. The number of hydrogen-bond acceptors (Lipinski definition) is 8. The average molecular weight is 501 g/mol. The van der Waals surface area contributed by atoms with E-state index in [0.29, 0.717) is 46.3 Å². The van der Waals surface area contributed by atoms with Crippen LogP contribution in [0.3, 0.4) is 0 Å². The number of fused-ring (bicyclic) bond motifs is 1. The minimum atomic E-state index is -0.494. The monoisotopic (exact) mass is 500 g/mol. The van der Waals surface area contributed by atoms with Crippen LogP contribution in [0.15, 0.2) is 65.8 Å². The molecule has 0 saturated carbocycles. The molecule has 1 aliphatic heterocycles. The molecule has 1 aliphatic rings. The van der Waals surface area contributed by atoms with Gasteiger partial charge in [0.05, 0.1) is 31.0 Å². The third-order valence-electron chi connectivity index (χ3n) is 5.24. The Hall–Kier alpha value is -5.04. The number of ether oxygens (including phenoxy) is 4. The fourth-order valence-electron chi connectivity index (χ4n) is 3.42. The van der Waals surface area contributed by atoms with E-state index in [9.17, 15) is 14.9 Å². The zero-order valence-electron chi connectivity index (χ0n) is 20.0. The smallest absolute Gasteiger partial charge is 0.259 e. The Labute approximate surface area is 213 Å². The lowest BCUT2D eigenvalue weighted by molar-refractivity contribution is -0.120. The van der Waals surface area contributed by atoms with Crippen LogP contribution < -0.4 is 29.7 Å². The first kappa shape index (κ1) is 25.1. The Balaban J connectivity index is 1.30. The van der Waals surface area contributed by atoms with Crippen molar-refractivity contribution in [3.63, 3.8) is 0 Å². The summed E-state index contributed by atoms with van der Waals surface area (Å²) in [5.74, 6) is 1.15. The van der Waals surface area contributed by atoms with Gasteiger partial charge in [0.2, 0.25) is 6.79 Å². The average Bonchev–Trinajstić information content (AvgIpc) is 3.40. The van der Waals surface area contributed by atoms with Crippen molar-refractivity contribution in [1.82, 2.24) is 10.7 Å². The molecular weight excluding hydrogens is 476 g/mol. The summed E-state index contributed by atoms with van der Waals surface area (Å²) in [6.07, 6.45) is 1.45. The zero-order chi connectivity index (χ0) is 26.0. The largest absolute Gasteiger partial charge is 0.490 e. The van der Waals surface area contributed by atoms with Gasteiger partial charge in [0.25, 0.3) is 11.8 Å². The molecule has 3 aromatic carbocycles. The molecule has 10 nitrogen and oxygen atoms in total. The number of carbonyl (C=O) groups is 2. The van der Waals surface area contributed by atoms with Crippen molar-refractivity contribution in [1.29, 1.82) is 5.26 Å². The summed E-state index contributed by atoms with van der Waals surface area (Å²) >= 11 is 0. The Kier molecular flexibility index (Phi) is 8.18. The first-order chi connectivity index (χ1) is 18.1. The normalized spacial score (nSPS) is 11.6. The van der Waals surface area contributed by atoms with Crippen molar-refractivity contribution >= 4 is 18.0 Å². The molecule has 10 heteroatoms. The Bertz CT molecular complexity index is 1370. The number of amides is 2. The standard InChI is InChI=1S/C27H24N4O6/c1-2-34-24-11-18(7-9-22(24)35-16-21-6-4-3-5-20(21)13-28)14-30-31-26(32)15-29-27(33)19-8-10-23-25(12-19)37-17-36-23/h3-12,14H,2,15-17H2,1H3,(H,29,33)(H,31,32)/b30-14-. The van der Waals surface area contributed by atoms with E-state index < -0.39 is 11.8 Å². The van der Waals surface area contributed by atoms with Gasteiger partial charge in [0, 0.05) is 11.1 Å². The summed E-state index contributed by atoms with van der Waals surface area (Å²) < 4.78 is 22.0. The van der Waals surface area contributed by atoms with Gasteiger partial charge < -0.3 is 24.3 Å². The van der Waals surface area contributed by atoms with Crippen molar-refractivity contribution < 1.29 is 28.5 Å². The predicted molar refractivity (Wildman–Crippen MR) is 134 cm³/mol. The van der Waals surface area contributed by atoms with Gasteiger partial charge in [-0.3, -0.25) is 9.59 Å². The molecule has 0 unspecified atom stereocenters. The lowest BCUT2D eigenvalue weighted by atomic mass is 10.1. The minimum absolute atomic E-state index is 0.111. The van der Waals surface area contributed by atoms with E-state index in [1.807, 2.05) is 19.1 Å². The number of carbonyl (C=O) groups excluding carboxylic acids is 2. The second-order valence-corrected chi connectivity index (χ2v) is 7.74. The number of hydrazone groups is 1. The summed E-state index contributed by atoms with van der Waals surface area (Å²) in [4.78, 5) is 24.4. The van der Waals surface area contributed by atoms with Crippen molar-refractivity contribution in [3.8, 4) is 29.1 Å². The molecule has 1 heterocycles. The maximum Gasteiger partial charge on any atom is 0.259 e. The number of benzene rings is 3. The molecule has 0 aliphatic carbocycles. The first-order valence-electron chi connectivity index (χ1n) is 11.4. The lowest BCUT2D eigenvalue weighted by Crippen LogP contribution is -2.34. The molecule has 0 spiro atoms. The van der Waals surface area contributed by atoms with E-state index >= 15 is 0 Å². The molecule has 2 amide bonds. The summed E-state index contributed by atoms with van der Waals surface area (Å²) in [5, 5.41) is 15.7. The maximum atomic E-state index is 12.3. The number of rotatable bonds is 10. The fourth-order valence-corrected chi connectivity index (χ4v) is 3.42. The molecule has 0 fully saturated rings. The van der Waals surface area contributed by atoms with E-state index in [4.69, 9.17) is 18.9 Å². The second kappa shape index (κ2) is 12.1. The van der Waals surface area contributed by atoms with E-state index in [1.165, 1.54) is 6.21 Å². The third-order valence-corrected chi connectivity index (χ3v) is 5.24. The van der Waals surface area contributed by atoms with Gasteiger partial charge in [0.15, 0.2) is 23.0 Å². The van der Waals surface area contributed by atoms with Crippen molar-refractivity contribution in [3.05, 3.63) is 82.9 Å². The molecule has 2 N–H and O–H groups in total. The fraction of sp³-hybridized carbons (Fsp3) is 0.185. The summed E-state index contributed by atoms with van der Waals surface area (Å²) in [6.45, 7) is 2.34. The van der Waals surface area contributed by atoms with Gasteiger partial charge in [-0.15, -0.1) is 0 Å². The topological polar surface area (TPSA) is 131 Å². The van der Waals surface area contributed by atoms with Gasteiger partial charge in [-0.25, -0.2) is 5.43 Å². The van der Waals surface area contributed by atoms with Crippen LogP contribution in [0.25, 0.3) is 0 Å². The van der Waals surface area contributed by atoms with Crippen LogP contribution in [-0.2, 0) is 11.4 Å². The summed E-state index contributed by atoms with van der Waals surface area (Å²) in [5.41, 5.74) is 4.71. The number of hydrogen-bond donors (Lipinski definition) is 2.